The smallest absolute Gasteiger partial charge is 0.451 e. The van der Waals surface area contributed by atoms with Gasteiger partial charge >= 0.3 is 6.18 Å². The average Bonchev–Trinajstić information content (AvgIpc) is 2.26. The average molecular weight is 354 g/mol. The quantitative estimate of drug-likeness (QED) is 0.785. The van der Waals surface area contributed by atoms with Crippen LogP contribution in [0.5, 0.6) is 11.5 Å². The molecule has 0 fully saturated rings. The zero-order valence-corrected chi connectivity index (χ0v) is 11.4. The van der Waals surface area contributed by atoms with Gasteiger partial charge in [0.25, 0.3) is 0 Å². The Balaban J connectivity index is 2.20. The summed E-state index contributed by atoms with van der Waals surface area (Å²) in [6.07, 6.45) is -2.67. The molecule has 8 heteroatoms. The molecular formula is C11H5BrClF3N2O. The third-order valence-corrected chi connectivity index (χ3v) is 2.63. The maximum absolute atomic E-state index is 12.3. The number of nitrogens with zero attached hydrogens (tertiary/aromatic N) is 2. The lowest BCUT2D eigenvalue weighted by molar-refractivity contribution is -0.145. The van der Waals surface area contributed by atoms with Gasteiger partial charge in [-0.05, 0) is 18.2 Å². The van der Waals surface area contributed by atoms with Crippen molar-refractivity contribution in [2.24, 2.45) is 0 Å². The molecule has 0 aliphatic rings. The topological polar surface area (TPSA) is 35.0 Å². The summed E-state index contributed by atoms with van der Waals surface area (Å²) >= 11 is 9.03. The summed E-state index contributed by atoms with van der Waals surface area (Å²) in [7, 11) is 0. The van der Waals surface area contributed by atoms with E-state index in [1.807, 2.05) is 0 Å². The van der Waals surface area contributed by atoms with E-state index in [1.54, 1.807) is 12.1 Å². The molecule has 0 saturated carbocycles. The summed E-state index contributed by atoms with van der Waals surface area (Å²) in [6.45, 7) is 0. The van der Waals surface area contributed by atoms with Crippen LogP contribution in [-0.2, 0) is 6.18 Å². The molecule has 0 atom stereocenters. The van der Waals surface area contributed by atoms with Crippen molar-refractivity contribution in [3.8, 4) is 11.5 Å². The minimum atomic E-state index is -4.57. The first-order valence-electron chi connectivity index (χ1n) is 4.88. The number of halogens is 5. The van der Waals surface area contributed by atoms with Gasteiger partial charge < -0.3 is 4.74 Å². The molecule has 19 heavy (non-hydrogen) atoms. The number of hydrogen-bond acceptors (Lipinski definition) is 3. The van der Waals surface area contributed by atoms with Crippen LogP contribution in [0.15, 0.2) is 35.1 Å². The third-order valence-electron chi connectivity index (χ3n) is 1.95. The Bertz CT molecular complexity index is 569. The second-order valence-corrected chi connectivity index (χ2v) is 4.80. The van der Waals surface area contributed by atoms with E-state index in [9.17, 15) is 13.2 Å². The van der Waals surface area contributed by atoms with Gasteiger partial charge in [-0.2, -0.15) is 13.2 Å². The zero-order chi connectivity index (χ0) is 14.0. The largest absolute Gasteiger partial charge is 0.454 e. The van der Waals surface area contributed by atoms with E-state index >= 15 is 0 Å². The Kier molecular flexibility index (Phi) is 3.96. The van der Waals surface area contributed by atoms with Gasteiger partial charge in [0, 0.05) is 9.50 Å². The lowest BCUT2D eigenvalue weighted by Gasteiger charge is -2.07. The molecule has 0 N–H and O–H groups in total. The number of ether oxygens (including phenoxy) is 1. The second kappa shape index (κ2) is 5.34. The van der Waals surface area contributed by atoms with Crippen molar-refractivity contribution < 1.29 is 17.9 Å². The van der Waals surface area contributed by atoms with Crippen LogP contribution >= 0.6 is 27.5 Å². The number of aromatic nitrogens is 2. The van der Waals surface area contributed by atoms with Crippen molar-refractivity contribution in [1.82, 2.24) is 9.97 Å². The highest BCUT2D eigenvalue weighted by Crippen LogP contribution is 2.29. The molecule has 1 heterocycles. The number of benzene rings is 1. The SMILES string of the molecule is FC(F)(F)c1ncc(Oc2cc(Cl)cc(Br)c2)cn1. The third kappa shape index (κ3) is 3.81. The highest BCUT2D eigenvalue weighted by molar-refractivity contribution is 9.10. The standard InChI is InChI=1S/C11H5BrClF3N2O/c12-6-1-7(13)3-8(2-6)19-9-4-17-10(18-5-9)11(14,15)16/h1-5H. The first-order valence-corrected chi connectivity index (χ1v) is 6.05. The minimum Gasteiger partial charge on any atom is -0.454 e. The van der Waals surface area contributed by atoms with Crippen LogP contribution in [0.25, 0.3) is 0 Å². The molecule has 0 spiro atoms. The van der Waals surface area contributed by atoms with Gasteiger partial charge in [0.1, 0.15) is 5.75 Å². The summed E-state index contributed by atoms with van der Waals surface area (Å²) in [5.41, 5.74) is 0. The molecule has 2 aromatic rings. The van der Waals surface area contributed by atoms with E-state index in [-0.39, 0.29) is 5.75 Å². The lowest BCUT2D eigenvalue weighted by atomic mass is 10.3. The Morgan fingerprint density at radius 1 is 1.05 bits per heavy atom. The summed E-state index contributed by atoms with van der Waals surface area (Å²) < 4.78 is 42.8. The van der Waals surface area contributed by atoms with Gasteiger partial charge in [-0.1, -0.05) is 27.5 Å². The second-order valence-electron chi connectivity index (χ2n) is 3.45. The molecular weight excluding hydrogens is 348 g/mol. The van der Waals surface area contributed by atoms with Gasteiger partial charge in [0.2, 0.25) is 5.82 Å². The van der Waals surface area contributed by atoms with Crippen molar-refractivity contribution in [3.05, 3.63) is 45.9 Å². The van der Waals surface area contributed by atoms with Crippen molar-refractivity contribution in [3.63, 3.8) is 0 Å². The van der Waals surface area contributed by atoms with Gasteiger partial charge in [0.05, 0.1) is 12.4 Å². The normalized spacial score (nSPS) is 11.4. The van der Waals surface area contributed by atoms with Gasteiger partial charge in [-0.25, -0.2) is 9.97 Å². The van der Waals surface area contributed by atoms with E-state index in [2.05, 4.69) is 25.9 Å². The van der Waals surface area contributed by atoms with Crippen molar-refractivity contribution in [1.29, 1.82) is 0 Å². The predicted molar refractivity (Wildman–Crippen MR) is 66.3 cm³/mol. The lowest BCUT2D eigenvalue weighted by Crippen LogP contribution is -2.10. The van der Waals surface area contributed by atoms with Crippen LogP contribution in [0.4, 0.5) is 13.2 Å². The van der Waals surface area contributed by atoms with Crippen molar-refractivity contribution >= 4 is 27.5 Å². The van der Waals surface area contributed by atoms with Crippen molar-refractivity contribution in [2.75, 3.05) is 0 Å². The predicted octanol–water partition coefficient (Wildman–Crippen LogP) is 4.70. The highest BCUT2D eigenvalue weighted by Gasteiger charge is 2.34. The van der Waals surface area contributed by atoms with Gasteiger partial charge in [0.15, 0.2) is 5.75 Å². The van der Waals surface area contributed by atoms with Crippen LogP contribution < -0.4 is 4.74 Å². The van der Waals surface area contributed by atoms with Gasteiger partial charge in [-0.15, -0.1) is 0 Å². The van der Waals surface area contributed by atoms with Gasteiger partial charge in [-0.3, -0.25) is 0 Å². The fourth-order valence-electron chi connectivity index (χ4n) is 1.24. The highest BCUT2D eigenvalue weighted by atomic mass is 79.9. The number of alkyl halides is 3. The Labute approximate surface area is 119 Å². The molecule has 0 saturated heterocycles. The molecule has 0 aliphatic heterocycles. The first kappa shape index (κ1) is 14.1. The summed E-state index contributed by atoms with van der Waals surface area (Å²) in [6, 6.07) is 4.78. The zero-order valence-electron chi connectivity index (χ0n) is 9.08. The van der Waals surface area contributed by atoms with Crippen LogP contribution in [0.2, 0.25) is 5.02 Å². The molecule has 1 aromatic carbocycles. The Morgan fingerprint density at radius 3 is 2.21 bits per heavy atom. The minimum absolute atomic E-state index is 0.0853. The fourth-order valence-corrected chi connectivity index (χ4v) is 2.07. The van der Waals surface area contributed by atoms with Crippen molar-refractivity contribution in [2.45, 2.75) is 6.18 Å². The van der Waals surface area contributed by atoms with Crippen LogP contribution in [0.1, 0.15) is 5.82 Å². The number of rotatable bonds is 2. The number of hydrogen-bond donors (Lipinski definition) is 0. The maximum atomic E-state index is 12.3. The van der Waals surface area contributed by atoms with Crippen LogP contribution in [0, 0.1) is 0 Å². The summed E-state index contributed by atoms with van der Waals surface area (Å²) in [5, 5.41) is 0.428. The van der Waals surface area contributed by atoms with E-state index in [4.69, 9.17) is 16.3 Å². The molecule has 2 rings (SSSR count). The van der Waals surface area contributed by atoms with E-state index in [0.717, 1.165) is 12.4 Å². The van der Waals surface area contributed by atoms with E-state index in [0.29, 0.717) is 15.2 Å². The monoisotopic (exact) mass is 352 g/mol. The van der Waals surface area contributed by atoms with Crippen LogP contribution in [-0.4, -0.2) is 9.97 Å². The molecule has 100 valence electrons. The summed E-state index contributed by atoms with van der Waals surface area (Å²) in [4.78, 5) is 6.37. The molecule has 0 unspecified atom stereocenters. The maximum Gasteiger partial charge on any atom is 0.451 e. The molecule has 1 aromatic heterocycles. The Morgan fingerprint density at radius 2 is 1.68 bits per heavy atom. The van der Waals surface area contributed by atoms with E-state index in [1.165, 1.54) is 6.07 Å². The van der Waals surface area contributed by atoms with Crippen LogP contribution in [0.3, 0.4) is 0 Å². The van der Waals surface area contributed by atoms with E-state index < -0.39 is 12.0 Å². The fraction of sp³-hybridized carbons (Fsp3) is 0.0909. The molecule has 0 amide bonds. The first-order chi connectivity index (χ1) is 8.84. The summed E-state index contributed by atoms with van der Waals surface area (Å²) in [5.74, 6) is -0.767. The molecule has 0 radical (unpaired) electrons. The molecule has 0 bridgehead atoms. The Hall–Kier alpha value is -1.34. The molecule has 3 nitrogen and oxygen atoms in total. The molecule has 0 aliphatic carbocycles.